The molecule has 9 aromatic carbocycles. The molecule has 0 aliphatic rings. The van der Waals surface area contributed by atoms with Gasteiger partial charge in [-0.1, -0.05) is 140 Å². The monoisotopic (exact) mass is 701 g/mol. The van der Waals surface area contributed by atoms with Gasteiger partial charge in [-0.05, 0) is 91.6 Å². The molecule has 11 aromatic rings. The van der Waals surface area contributed by atoms with E-state index >= 15 is 0 Å². The zero-order chi connectivity index (χ0) is 36.3. The van der Waals surface area contributed by atoms with Gasteiger partial charge in [-0.2, -0.15) is 0 Å². The summed E-state index contributed by atoms with van der Waals surface area (Å²) in [6, 6.07) is 65.7. The van der Waals surface area contributed by atoms with Crippen LogP contribution in [0, 0.1) is 0 Å². The van der Waals surface area contributed by atoms with Gasteiger partial charge in [0.2, 0.25) is 0 Å². The van der Waals surface area contributed by atoms with E-state index in [1.807, 2.05) is 12.1 Å². The van der Waals surface area contributed by atoms with E-state index in [2.05, 4.69) is 180 Å². The van der Waals surface area contributed by atoms with Crippen molar-refractivity contribution in [3.05, 3.63) is 188 Å². The summed E-state index contributed by atoms with van der Waals surface area (Å²) < 4.78 is 2.22. The van der Waals surface area contributed by atoms with Crippen LogP contribution in [0.25, 0.3) is 105 Å². The Kier molecular flexibility index (Phi) is 7.10. The maximum Gasteiger partial charge on any atom is 0.164 e. The minimum absolute atomic E-state index is 0.611. The third kappa shape index (κ3) is 5.17. The summed E-state index contributed by atoms with van der Waals surface area (Å²) in [5.74, 6) is 2.77. The van der Waals surface area contributed by atoms with E-state index in [0.29, 0.717) is 17.5 Å². The molecule has 2 aromatic heterocycles. The minimum Gasteiger partial charge on any atom is -0.292 e. The Labute approximate surface area is 316 Å². The molecule has 0 unspecified atom stereocenters. The predicted octanol–water partition coefficient (Wildman–Crippen LogP) is 12.5. The van der Waals surface area contributed by atoms with E-state index in [1.54, 1.807) is 0 Å². The Morgan fingerprint density at radius 3 is 1.40 bits per heavy atom. The van der Waals surface area contributed by atoms with Crippen LogP contribution in [-0.2, 0) is 0 Å². The van der Waals surface area contributed by atoms with Crippen molar-refractivity contribution in [2.24, 2.45) is 0 Å². The summed E-state index contributed by atoms with van der Waals surface area (Å²) in [6.07, 6.45) is 0. The number of aromatic nitrogens is 5. The van der Waals surface area contributed by atoms with Crippen molar-refractivity contribution in [1.29, 1.82) is 0 Å². The van der Waals surface area contributed by atoms with E-state index in [4.69, 9.17) is 19.9 Å². The lowest BCUT2D eigenvalue weighted by Crippen LogP contribution is -2.02. The van der Waals surface area contributed by atoms with Gasteiger partial charge in [0.25, 0.3) is 0 Å². The Morgan fingerprint density at radius 2 is 0.800 bits per heavy atom. The largest absolute Gasteiger partial charge is 0.292 e. The normalized spacial score (nSPS) is 11.6. The van der Waals surface area contributed by atoms with E-state index in [9.17, 15) is 0 Å². The van der Waals surface area contributed by atoms with E-state index in [0.717, 1.165) is 66.3 Å². The number of imidazole rings is 1. The van der Waals surface area contributed by atoms with Crippen molar-refractivity contribution in [3.63, 3.8) is 0 Å². The second-order valence-electron chi connectivity index (χ2n) is 13.9. The van der Waals surface area contributed by atoms with Crippen molar-refractivity contribution >= 4 is 54.1 Å². The molecule has 0 aliphatic heterocycles. The zero-order valence-electron chi connectivity index (χ0n) is 29.6. The third-order valence-corrected chi connectivity index (χ3v) is 10.6. The van der Waals surface area contributed by atoms with Crippen molar-refractivity contribution in [2.45, 2.75) is 0 Å². The average molecular weight is 702 g/mol. The number of hydrogen-bond acceptors (Lipinski definition) is 4. The molecular weight excluding hydrogens is 671 g/mol. The molecule has 0 spiro atoms. The van der Waals surface area contributed by atoms with Gasteiger partial charge >= 0.3 is 0 Å². The van der Waals surface area contributed by atoms with Gasteiger partial charge in [0.1, 0.15) is 5.82 Å². The fourth-order valence-electron chi connectivity index (χ4n) is 8.05. The van der Waals surface area contributed by atoms with Crippen LogP contribution in [0.4, 0.5) is 0 Å². The highest BCUT2D eigenvalue weighted by Crippen LogP contribution is 2.38. The lowest BCUT2D eigenvalue weighted by molar-refractivity contribution is 1.07. The first-order valence-electron chi connectivity index (χ1n) is 18.5. The lowest BCUT2D eigenvalue weighted by Gasteiger charge is -2.14. The van der Waals surface area contributed by atoms with Crippen molar-refractivity contribution in [3.8, 4) is 51.2 Å². The molecule has 0 bridgehead atoms. The minimum atomic E-state index is 0.611. The maximum absolute atomic E-state index is 5.32. The summed E-state index contributed by atoms with van der Waals surface area (Å²) in [5.41, 5.74) is 6.89. The van der Waals surface area contributed by atoms with Crippen LogP contribution < -0.4 is 0 Å². The van der Waals surface area contributed by atoms with E-state index in [-0.39, 0.29) is 0 Å². The number of para-hydroxylation sites is 2. The molecule has 11 rings (SSSR count). The summed E-state index contributed by atoms with van der Waals surface area (Å²) in [4.78, 5) is 20.9. The molecule has 0 N–H and O–H groups in total. The standard InChI is InChI=1S/C50H31N5/c1-2-14-33(15-3-1)50-51-45-24-12-13-25-46(45)55(50)36-28-26-32(27-29-36)47-52-48(43-30-34-16-4-6-18-37(34)39-20-8-10-22-41(39)43)54-49(53-47)44-31-35-17-5-7-19-38(35)40-21-9-11-23-42(40)44/h1-31H. The molecule has 0 saturated heterocycles. The van der Waals surface area contributed by atoms with Gasteiger partial charge in [-0.3, -0.25) is 4.57 Å². The topological polar surface area (TPSA) is 56.5 Å². The number of nitrogens with zero attached hydrogens (tertiary/aromatic N) is 5. The highest BCUT2D eigenvalue weighted by molar-refractivity contribution is 6.14. The highest BCUT2D eigenvalue weighted by Gasteiger charge is 2.19. The van der Waals surface area contributed by atoms with Crippen LogP contribution in [0.5, 0.6) is 0 Å². The molecule has 0 fully saturated rings. The van der Waals surface area contributed by atoms with Gasteiger partial charge in [0.05, 0.1) is 11.0 Å². The van der Waals surface area contributed by atoms with Gasteiger partial charge < -0.3 is 0 Å². The quantitative estimate of drug-likeness (QED) is 0.168. The number of hydrogen-bond donors (Lipinski definition) is 0. The SMILES string of the molecule is c1ccc(-c2nc3ccccc3n2-c2ccc(-c3nc(-c4cc5ccccc5c5ccccc45)nc(-c4cc5ccccc5c5ccccc45)n3)cc2)cc1. The number of benzene rings is 9. The van der Waals surface area contributed by atoms with Crippen LogP contribution in [0.15, 0.2) is 188 Å². The van der Waals surface area contributed by atoms with Crippen molar-refractivity contribution in [2.75, 3.05) is 0 Å². The molecule has 2 heterocycles. The molecule has 5 nitrogen and oxygen atoms in total. The average Bonchev–Trinajstić information content (AvgIpc) is 3.66. The molecule has 0 radical (unpaired) electrons. The van der Waals surface area contributed by atoms with E-state index < -0.39 is 0 Å². The Bertz CT molecular complexity index is 3120. The van der Waals surface area contributed by atoms with Crippen LogP contribution >= 0.6 is 0 Å². The Morgan fingerprint density at radius 1 is 0.327 bits per heavy atom. The second-order valence-corrected chi connectivity index (χ2v) is 13.9. The summed E-state index contributed by atoms with van der Waals surface area (Å²) in [7, 11) is 0. The smallest absolute Gasteiger partial charge is 0.164 e. The van der Waals surface area contributed by atoms with Crippen molar-refractivity contribution < 1.29 is 0 Å². The fourth-order valence-corrected chi connectivity index (χ4v) is 8.05. The Balaban J connectivity index is 1.14. The van der Waals surface area contributed by atoms with Gasteiger partial charge in [0, 0.05) is 27.9 Å². The van der Waals surface area contributed by atoms with Crippen LogP contribution in [0.2, 0.25) is 0 Å². The maximum atomic E-state index is 5.32. The molecule has 0 atom stereocenters. The van der Waals surface area contributed by atoms with Gasteiger partial charge in [0.15, 0.2) is 17.5 Å². The molecule has 0 aliphatic carbocycles. The first-order chi connectivity index (χ1) is 27.3. The fraction of sp³-hybridized carbons (Fsp3) is 0. The van der Waals surface area contributed by atoms with Gasteiger partial charge in [-0.25, -0.2) is 19.9 Å². The van der Waals surface area contributed by atoms with Crippen LogP contribution in [0.1, 0.15) is 0 Å². The van der Waals surface area contributed by atoms with Crippen LogP contribution in [0.3, 0.4) is 0 Å². The first-order valence-corrected chi connectivity index (χ1v) is 18.5. The predicted molar refractivity (Wildman–Crippen MR) is 226 cm³/mol. The molecule has 0 amide bonds. The molecular formula is C50H31N5. The molecule has 5 heteroatoms. The summed E-state index contributed by atoms with van der Waals surface area (Å²) in [5, 5.41) is 9.22. The zero-order valence-corrected chi connectivity index (χ0v) is 29.6. The van der Waals surface area contributed by atoms with Crippen LogP contribution in [-0.4, -0.2) is 24.5 Å². The Hall–Kier alpha value is -7.50. The summed E-state index contributed by atoms with van der Waals surface area (Å²) >= 11 is 0. The second kappa shape index (κ2) is 12.6. The highest BCUT2D eigenvalue weighted by atomic mass is 15.1. The molecule has 55 heavy (non-hydrogen) atoms. The molecule has 0 saturated carbocycles. The van der Waals surface area contributed by atoms with E-state index in [1.165, 1.54) is 21.5 Å². The number of rotatable bonds is 5. The van der Waals surface area contributed by atoms with Crippen molar-refractivity contribution in [1.82, 2.24) is 24.5 Å². The van der Waals surface area contributed by atoms with Gasteiger partial charge in [-0.15, -0.1) is 0 Å². The first kappa shape index (κ1) is 31.1. The third-order valence-electron chi connectivity index (χ3n) is 10.6. The summed E-state index contributed by atoms with van der Waals surface area (Å²) in [6.45, 7) is 0. The lowest BCUT2D eigenvalue weighted by atomic mass is 9.96. The number of fused-ring (bicyclic) bond motifs is 7. The molecule has 256 valence electrons.